The van der Waals surface area contributed by atoms with Crippen LogP contribution in [0.4, 0.5) is 0 Å². The van der Waals surface area contributed by atoms with E-state index in [1.807, 2.05) is 0 Å². The van der Waals surface area contributed by atoms with Gasteiger partial charge in [0.1, 0.15) is 6.04 Å². The van der Waals surface area contributed by atoms with E-state index in [1.54, 1.807) is 30.4 Å². The Balaban J connectivity index is 2.15. The van der Waals surface area contributed by atoms with Crippen LogP contribution in [0.1, 0.15) is 12.1 Å². The van der Waals surface area contributed by atoms with Gasteiger partial charge in [0.05, 0.1) is 5.69 Å². The maximum atomic E-state index is 10.4. The van der Waals surface area contributed by atoms with Crippen LogP contribution in [-0.4, -0.2) is 32.8 Å². The summed E-state index contributed by atoms with van der Waals surface area (Å²) < 4.78 is 0. The first-order valence-electron chi connectivity index (χ1n) is 4.51. The number of aliphatic carboxylic acids is 1. The van der Waals surface area contributed by atoms with Crippen LogP contribution in [0, 0.1) is 0 Å². The molecule has 1 rings (SSSR count). The van der Waals surface area contributed by atoms with E-state index in [-0.39, 0.29) is 0 Å². The number of nitrogens with zero attached hydrogens (tertiary/aromatic N) is 2. The monoisotopic (exact) mass is 227 g/mol. The summed E-state index contributed by atoms with van der Waals surface area (Å²) in [4.78, 5) is 18.4. The molecule has 0 radical (unpaired) electrons. The summed E-state index contributed by atoms with van der Waals surface area (Å²) in [6, 6.07) is -0.764. The lowest BCUT2D eigenvalue weighted by Gasteiger charge is -2.05. The summed E-state index contributed by atoms with van der Waals surface area (Å²) in [5.74, 6) is 0.500. The number of carboxylic acid groups (broad SMARTS) is 1. The van der Waals surface area contributed by atoms with E-state index < -0.39 is 12.0 Å². The average Bonchev–Trinajstić information content (AvgIpc) is 2.25. The summed E-state index contributed by atoms with van der Waals surface area (Å²) in [7, 11) is 0. The molecule has 1 unspecified atom stereocenters. The standard InChI is InChI=1S/C9H13N3O2S/c10-8(9(13)14)1-4-15-6-7-5-11-2-3-12-7/h2-3,5,8H,1,4,6,10H2,(H,13,14). The SMILES string of the molecule is NC(CCSCc1cnccn1)C(=O)O. The minimum Gasteiger partial charge on any atom is -0.480 e. The zero-order chi connectivity index (χ0) is 11.1. The van der Waals surface area contributed by atoms with Gasteiger partial charge < -0.3 is 10.8 Å². The highest BCUT2D eigenvalue weighted by Gasteiger charge is 2.10. The van der Waals surface area contributed by atoms with Gasteiger partial charge >= 0.3 is 5.97 Å². The van der Waals surface area contributed by atoms with Crippen LogP contribution in [0.25, 0.3) is 0 Å². The number of hydrogen-bond acceptors (Lipinski definition) is 5. The van der Waals surface area contributed by atoms with Crippen LogP contribution in [0.2, 0.25) is 0 Å². The number of nitrogens with two attached hydrogens (primary N) is 1. The third-order valence-electron chi connectivity index (χ3n) is 1.76. The summed E-state index contributed by atoms with van der Waals surface area (Å²) in [6.45, 7) is 0. The highest BCUT2D eigenvalue weighted by Crippen LogP contribution is 2.10. The summed E-state index contributed by atoms with van der Waals surface area (Å²) in [5.41, 5.74) is 6.25. The summed E-state index contributed by atoms with van der Waals surface area (Å²) in [5, 5.41) is 8.54. The normalized spacial score (nSPS) is 12.3. The molecule has 0 aliphatic heterocycles. The molecule has 0 aromatic carbocycles. The van der Waals surface area contributed by atoms with Gasteiger partial charge in [-0.2, -0.15) is 11.8 Å². The Morgan fingerprint density at radius 2 is 2.40 bits per heavy atom. The summed E-state index contributed by atoms with van der Waals surface area (Å²) in [6.07, 6.45) is 5.43. The quantitative estimate of drug-likeness (QED) is 0.688. The number of carbonyl (C=O) groups is 1. The molecule has 0 aliphatic carbocycles. The van der Waals surface area contributed by atoms with Crippen LogP contribution in [-0.2, 0) is 10.5 Å². The lowest BCUT2D eigenvalue weighted by molar-refractivity contribution is -0.138. The lowest BCUT2D eigenvalue weighted by Crippen LogP contribution is -2.30. The van der Waals surface area contributed by atoms with Gasteiger partial charge in [0, 0.05) is 24.3 Å². The van der Waals surface area contributed by atoms with Gasteiger partial charge in [0.25, 0.3) is 0 Å². The van der Waals surface area contributed by atoms with E-state index in [4.69, 9.17) is 10.8 Å². The Morgan fingerprint density at radius 3 is 3.00 bits per heavy atom. The minimum atomic E-state index is -0.949. The lowest BCUT2D eigenvalue weighted by atomic mass is 10.2. The zero-order valence-electron chi connectivity index (χ0n) is 8.17. The van der Waals surface area contributed by atoms with Crippen LogP contribution >= 0.6 is 11.8 Å². The van der Waals surface area contributed by atoms with Crippen molar-refractivity contribution in [2.75, 3.05) is 5.75 Å². The second-order valence-electron chi connectivity index (χ2n) is 2.98. The third kappa shape index (κ3) is 4.75. The second kappa shape index (κ2) is 6.36. The fourth-order valence-corrected chi connectivity index (χ4v) is 1.84. The van der Waals surface area contributed by atoms with Gasteiger partial charge in [-0.3, -0.25) is 14.8 Å². The van der Waals surface area contributed by atoms with Crippen molar-refractivity contribution >= 4 is 17.7 Å². The Morgan fingerprint density at radius 1 is 1.60 bits per heavy atom. The van der Waals surface area contributed by atoms with Crippen molar-refractivity contribution in [2.45, 2.75) is 18.2 Å². The van der Waals surface area contributed by atoms with E-state index in [2.05, 4.69) is 9.97 Å². The molecule has 82 valence electrons. The number of aromatic nitrogens is 2. The molecule has 1 atom stereocenters. The van der Waals surface area contributed by atoms with Crippen molar-refractivity contribution in [1.29, 1.82) is 0 Å². The van der Waals surface area contributed by atoms with E-state index >= 15 is 0 Å². The highest BCUT2D eigenvalue weighted by molar-refractivity contribution is 7.98. The van der Waals surface area contributed by atoms with E-state index in [9.17, 15) is 4.79 Å². The first-order chi connectivity index (χ1) is 7.20. The predicted octanol–water partition coefficient (Wildman–Crippen LogP) is 0.512. The van der Waals surface area contributed by atoms with Gasteiger partial charge in [-0.15, -0.1) is 0 Å². The van der Waals surface area contributed by atoms with Gasteiger partial charge in [-0.1, -0.05) is 0 Å². The number of thioether (sulfide) groups is 1. The minimum absolute atomic E-state index is 0.472. The molecule has 1 aromatic heterocycles. The number of hydrogen-bond donors (Lipinski definition) is 2. The molecule has 1 heterocycles. The van der Waals surface area contributed by atoms with Crippen LogP contribution < -0.4 is 5.73 Å². The molecule has 0 saturated carbocycles. The second-order valence-corrected chi connectivity index (χ2v) is 4.09. The zero-order valence-corrected chi connectivity index (χ0v) is 8.98. The van der Waals surface area contributed by atoms with Crippen LogP contribution in [0.15, 0.2) is 18.6 Å². The molecule has 0 fully saturated rings. The van der Waals surface area contributed by atoms with Gasteiger partial charge in [0.2, 0.25) is 0 Å². The first kappa shape index (κ1) is 11.9. The fraction of sp³-hybridized carbons (Fsp3) is 0.444. The molecule has 3 N–H and O–H groups in total. The number of carboxylic acids is 1. The van der Waals surface area contributed by atoms with Crippen molar-refractivity contribution in [2.24, 2.45) is 5.73 Å². The molecule has 15 heavy (non-hydrogen) atoms. The van der Waals surface area contributed by atoms with Crippen molar-refractivity contribution in [3.63, 3.8) is 0 Å². The molecular weight excluding hydrogens is 214 g/mol. The van der Waals surface area contributed by atoms with Gasteiger partial charge in [0.15, 0.2) is 0 Å². The number of rotatable bonds is 6. The Labute approximate surface area is 92.1 Å². The maximum Gasteiger partial charge on any atom is 0.320 e. The topological polar surface area (TPSA) is 89.1 Å². The van der Waals surface area contributed by atoms with Crippen molar-refractivity contribution in [1.82, 2.24) is 9.97 Å². The van der Waals surface area contributed by atoms with Crippen LogP contribution in [0.5, 0.6) is 0 Å². The van der Waals surface area contributed by atoms with Gasteiger partial charge in [-0.25, -0.2) is 0 Å². The third-order valence-corrected chi connectivity index (χ3v) is 2.78. The molecule has 1 aromatic rings. The van der Waals surface area contributed by atoms with E-state index in [0.717, 1.165) is 11.4 Å². The molecule has 5 nitrogen and oxygen atoms in total. The molecule has 0 saturated heterocycles. The van der Waals surface area contributed by atoms with Gasteiger partial charge in [-0.05, 0) is 12.2 Å². The average molecular weight is 227 g/mol. The van der Waals surface area contributed by atoms with Crippen molar-refractivity contribution < 1.29 is 9.90 Å². The Kier molecular flexibility index (Phi) is 5.06. The van der Waals surface area contributed by atoms with Crippen molar-refractivity contribution in [3.8, 4) is 0 Å². The Bertz CT molecular complexity index is 307. The van der Waals surface area contributed by atoms with Crippen molar-refractivity contribution in [3.05, 3.63) is 24.3 Å². The van der Waals surface area contributed by atoms with E-state index in [0.29, 0.717) is 12.2 Å². The molecular formula is C9H13N3O2S. The molecule has 0 aliphatic rings. The molecule has 0 amide bonds. The largest absolute Gasteiger partial charge is 0.480 e. The van der Waals surface area contributed by atoms with E-state index in [1.165, 1.54) is 0 Å². The molecule has 0 bridgehead atoms. The summed E-state index contributed by atoms with van der Waals surface area (Å²) >= 11 is 1.61. The molecule has 0 spiro atoms. The van der Waals surface area contributed by atoms with Crippen LogP contribution in [0.3, 0.4) is 0 Å². The fourth-order valence-electron chi connectivity index (χ4n) is 0.915. The molecule has 6 heteroatoms. The first-order valence-corrected chi connectivity index (χ1v) is 5.66. The highest BCUT2D eigenvalue weighted by atomic mass is 32.2. The smallest absolute Gasteiger partial charge is 0.320 e. The maximum absolute atomic E-state index is 10.4. The Hall–Kier alpha value is -1.14. The predicted molar refractivity (Wildman–Crippen MR) is 58.4 cm³/mol.